The normalized spacial score (nSPS) is 18.6. The third-order valence-corrected chi connectivity index (χ3v) is 6.47. The monoisotopic (exact) mass is 437 g/mol. The summed E-state index contributed by atoms with van der Waals surface area (Å²) in [7, 11) is 1.96. The maximum absolute atomic E-state index is 13.0. The van der Waals surface area contributed by atoms with Crippen LogP contribution in [0.4, 0.5) is 5.82 Å². The average Bonchev–Trinajstić information content (AvgIpc) is 3.08. The van der Waals surface area contributed by atoms with E-state index in [-0.39, 0.29) is 12.0 Å². The highest BCUT2D eigenvalue weighted by Crippen LogP contribution is 2.31. The maximum atomic E-state index is 13.0. The zero-order chi connectivity index (χ0) is 21.9. The second-order valence-electron chi connectivity index (χ2n) is 8.95. The number of ether oxygens (including phenoxy) is 2. The number of likely N-dealkylation sites (tertiary alicyclic amines) is 1. The minimum Gasteiger partial charge on any atom is -0.485 e. The van der Waals surface area contributed by atoms with E-state index in [4.69, 9.17) is 19.4 Å². The van der Waals surface area contributed by atoms with Gasteiger partial charge >= 0.3 is 0 Å². The van der Waals surface area contributed by atoms with E-state index >= 15 is 0 Å². The maximum Gasteiger partial charge on any atom is 0.242 e. The molecule has 4 heterocycles. The molecule has 1 amide bonds. The predicted molar refractivity (Wildman–Crippen MR) is 121 cm³/mol. The van der Waals surface area contributed by atoms with Gasteiger partial charge in [0.15, 0.2) is 5.82 Å². The molecule has 2 aromatic heterocycles. The molecular formula is C24H31N5O3. The molecule has 2 fully saturated rings. The van der Waals surface area contributed by atoms with Crippen molar-refractivity contribution in [2.45, 2.75) is 51.0 Å². The fraction of sp³-hybridized carbons (Fsp3) is 0.583. The van der Waals surface area contributed by atoms with Crippen LogP contribution >= 0.6 is 0 Å². The fourth-order valence-electron chi connectivity index (χ4n) is 4.62. The van der Waals surface area contributed by atoms with Crippen LogP contribution in [0, 0.1) is 0 Å². The Hall–Kier alpha value is -2.74. The zero-order valence-electron chi connectivity index (χ0n) is 18.8. The van der Waals surface area contributed by atoms with Crippen LogP contribution in [0.1, 0.15) is 43.4 Å². The van der Waals surface area contributed by atoms with E-state index in [9.17, 15) is 4.79 Å². The average molecular weight is 438 g/mol. The van der Waals surface area contributed by atoms with Crippen molar-refractivity contribution in [3.8, 4) is 17.3 Å². The third kappa shape index (κ3) is 4.55. The van der Waals surface area contributed by atoms with Gasteiger partial charge in [-0.1, -0.05) is 12.8 Å². The van der Waals surface area contributed by atoms with Gasteiger partial charge in [0.2, 0.25) is 5.91 Å². The Morgan fingerprint density at radius 1 is 1.16 bits per heavy atom. The highest BCUT2D eigenvalue weighted by molar-refractivity contribution is 5.81. The SMILES string of the molecule is CN(CC(=O)N1CCCCCC1)c1nc(-c2cc(OC3COC3)ccn2)nc2c1CCC2. The molecule has 0 N–H and O–H groups in total. The van der Waals surface area contributed by atoms with Gasteiger partial charge in [0.1, 0.15) is 23.4 Å². The van der Waals surface area contributed by atoms with Crippen LogP contribution in [0.5, 0.6) is 5.75 Å². The quantitative estimate of drug-likeness (QED) is 0.687. The van der Waals surface area contributed by atoms with Crippen LogP contribution in [-0.2, 0) is 22.4 Å². The van der Waals surface area contributed by atoms with E-state index in [1.165, 1.54) is 18.4 Å². The summed E-state index contributed by atoms with van der Waals surface area (Å²) in [6, 6.07) is 3.74. The molecule has 0 radical (unpaired) electrons. The number of amides is 1. The third-order valence-electron chi connectivity index (χ3n) is 6.47. The van der Waals surface area contributed by atoms with Crippen molar-refractivity contribution in [2.75, 3.05) is 44.8 Å². The number of pyridine rings is 1. The topological polar surface area (TPSA) is 80.7 Å². The number of nitrogens with zero attached hydrogens (tertiary/aromatic N) is 5. The number of hydrogen-bond donors (Lipinski definition) is 0. The lowest BCUT2D eigenvalue weighted by molar-refractivity contribution is -0.129. The van der Waals surface area contributed by atoms with Gasteiger partial charge in [0.05, 0.1) is 19.8 Å². The number of carbonyl (C=O) groups excluding carboxylic acids is 1. The van der Waals surface area contributed by atoms with Crippen LogP contribution in [0.15, 0.2) is 18.3 Å². The molecule has 0 atom stereocenters. The first kappa shape index (κ1) is 21.1. The standard InChI is InChI=1S/C24H31N5O3/c1-28(14-22(30)29-11-4-2-3-5-12-29)24-19-7-6-8-20(19)26-23(27-24)21-13-17(9-10-25-21)32-18-15-31-16-18/h9-10,13,18H,2-8,11-12,14-16H2,1H3. The van der Waals surface area contributed by atoms with Crippen molar-refractivity contribution in [3.63, 3.8) is 0 Å². The molecule has 0 bridgehead atoms. The molecule has 32 heavy (non-hydrogen) atoms. The van der Waals surface area contributed by atoms with Crippen molar-refractivity contribution in [2.24, 2.45) is 0 Å². The lowest BCUT2D eigenvalue weighted by atomic mass is 10.2. The van der Waals surface area contributed by atoms with Gasteiger partial charge in [-0.05, 0) is 38.2 Å². The molecule has 2 aromatic rings. The summed E-state index contributed by atoms with van der Waals surface area (Å²) in [5.74, 6) is 2.37. The van der Waals surface area contributed by atoms with E-state index in [2.05, 4.69) is 4.98 Å². The second-order valence-corrected chi connectivity index (χ2v) is 8.95. The summed E-state index contributed by atoms with van der Waals surface area (Å²) in [6.07, 6.45) is 9.39. The van der Waals surface area contributed by atoms with Crippen molar-refractivity contribution < 1.29 is 14.3 Å². The first-order valence-electron chi connectivity index (χ1n) is 11.8. The number of aromatic nitrogens is 3. The van der Waals surface area contributed by atoms with Crippen LogP contribution < -0.4 is 9.64 Å². The molecule has 170 valence electrons. The van der Waals surface area contributed by atoms with E-state index < -0.39 is 0 Å². The predicted octanol–water partition coefficient (Wildman–Crippen LogP) is 2.64. The zero-order valence-corrected chi connectivity index (χ0v) is 18.8. The van der Waals surface area contributed by atoms with Gasteiger partial charge in [-0.2, -0.15) is 0 Å². The molecule has 8 nitrogen and oxygen atoms in total. The number of fused-ring (bicyclic) bond motifs is 1. The van der Waals surface area contributed by atoms with Crippen molar-refractivity contribution in [1.82, 2.24) is 19.9 Å². The number of likely N-dealkylation sites (N-methyl/N-ethyl adjacent to an activating group) is 1. The van der Waals surface area contributed by atoms with Crippen molar-refractivity contribution >= 4 is 11.7 Å². The molecule has 2 saturated heterocycles. The number of hydrogen-bond acceptors (Lipinski definition) is 7. The minimum atomic E-state index is 0.0953. The van der Waals surface area contributed by atoms with E-state index in [0.29, 0.717) is 31.3 Å². The van der Waals surface area contributed by atoms with Crippen LogP contribution in [0.2, 0.25) is 0 Å². The van der Waals surface area contributed by atoms with Crippen LogP contribution in [0.25, 0.3) is 11.5 Å². The Morgan fingerprint density at radius 3 is 2.72 bits per heavy atom. The van der Waals surface area contributed by atoms with E-state index in [0.717, 1.165) is 62.5 Å². The first-order valence-corrected chi connectivity index (χ1v) is 11.8. The summed E-state index contributed by atoms with van der Waals surface area (Å²) in [5.41, 5.74) is 2.92. The largest absolute Gasteiger partial charge is 0.485 e. The first-order chi connectivity index (χ1) is 15.7. The van der Waals surface area contributed by atoms with Gasteiger partial charge < -0.3 is 19.3 Å². The van der Waals surface area contributed by atoms with Gasteiger partial charge in [-0.15, -0.1) is 0 Å². The number of rotatable bonds is 6. The Labute approximate surface area is 189 Å². The Bertz CT molecular complexity index is 970. The molecule has 0 aromatic carbocycles. The number of carbonyl (C=O) groups is 1. The molecule has 5 rings (SSSR count). The van der Waals surface area contributed by atoms with Crippen molar-refractivity contribution in [1.29, 1.82) is 0 Å². The fourth-order valence-corrected chi connectivity index (χ4v) is 4.62. The van der Waals surface area contributed by atoms with Gasteiger partial charge in [-0.3, -0.25) is 9.78 Å². The minimum absolute atomic E-state index is 0.0953. The Balaban J connectivity index is 1.38. The van der Waals surface area contributed by atoms with Crippen LogP contribution in [0.3, 0.4) is 0 Å². The number of anilines is 1. The van der Waals surface area contributed by atoms with Gasteiger partial charge in [0, 0.05) is 43.7 Å². The van der Waals surface area contributed by atoms with Crippen LogP contribution in [-0.4, -0.2) is 71.8 Å². The van der Waals surface area contributed by atoms with Gasteiger partial charge in [-0.25, -0.2) is 9.97 Å². The summed E-state index contributed by atoms with van der Waals surface area (Å²) in [4.78, 5) is 31.2. The van der Waals surface area contributed by atoms with Gasteiger partial charge in [0.25, 0.3) is 0 Å². The van der Waals surface area contributed by atoms with E-state index in [1.807, 2.05) is 29.0 Å². The Kier molecular flexibility index (Phi) is 6.21. The highest BCUT2D eigenvalue weighted by Gasteiger charge is 2.25. The lowest BCUT2D eigenvalue weighted by Crippen LogP contribution is -2.40. The summed E-state index contributed by atoms with van der Waals surface area (Å²) in [5, 5.41) is 0. The second kappa shape index (κ2) is 9.40. The van der Waals surface area contributed by atoms with Crippen molar-refractivity contribution in [3.05, 3.63) is 29.6 Å². The summed E-state index contributed by atoms with van der Waals surface area (Å²) in [6.45, 7) is 3.30. The Morgan fingerprint density at radius 2 is 1.97 bits per heavy atom. The summed E-state index contributed by atoms with van der Waals surface area (Å²) < 4.78 is 11.1. The molecular weight excluding hydrogens is 406 g/mol. The molecule has 0 saturated carbocycles. The summed E-state index contributed by atoms with van der Waals surface area (Å²) >= 11 is 0. The molecule has 8 heteroatoms. The highest BCUT2D eigenvalue weighted by atomic mass is 16.6. The van der Waals surface area contributed by atoms with E-state index in [1.54, 1.807) is 6.20 Å². The number of aryl methyl sites for hydroxylation is 1. The smallest absolute Gasteiger partial charge is 0.242 e. The lowest BCUT2D eigenvalue weighted by Gasteiger charge is -2.27. The molecule has 3 aliphatic rings. The molecule has 0 unspecified atom stereocenters. The molecule has 1 aliphatic carbocycles. The molecule has 0 spiro atoms. The molecule has 2 aliphatic heterocycles.